The molecule has 0 fully saturated rings. The first-order valence-corrected chi connectivity index (χ1v) is 5.59. The number of rotatable bonds is 5. The molecule has 0 bridgehead atoms. The molecular formula is C12H19N3O3. The van der Waals surface area contributed by atoms with Crippen molar-refractivity contribution < 1.29 is 14.3 Å². The highest BCUT2D eigenvalue weighted by molar-refractivity contribution is 5.73. The summed E-state index contributed by atoms with van der Waals surface area (Å²) >= 11 is 0. The van der Waals surface area contributed by atoms with Gasteiger partial charge in [0.25, 0.3) is 0 Å². The highest BCUT2D eigenvalue weighted by Gasteiger charge is 2.11. The smallest absolute Gasteiger partial charge is 0.328 e. The molecule has 0 aliphatic heterocycles. The summed E-state index contributed by atoms with van der Waals surface area (Å²) in [5.41, 5.74) is 3.96. The van der Waals surface area contributed by atoms with Crippen molar-refractivity contribution >= 4 is 6.03 Å². The number of methoxy groups -OCH3 is 2. The minimum atomic E-state index is -0.404. The normalized spacial score (nSPS) is 9.78. The second kappa shape index (κ2) is 6.70. The maximum Gasteiger partial charge on any atom is 0.328 e. The molecule has 4 N–H and O–H groups in total. The number of hydrogen-bond acceptors (Lipinski definition) is 4. The Morgan fingerprint density at radius 3 is 2.61 bits per heavy atom. The molecule has 0 aliphatic carbocycles. The quantitative estimate of drug-likeness (QED) is 0.410. The van der Waals surface area contributed by atoms with E-state index in [0.29, 0.717) is 13.0 Å². The minimum absolute atomic E-state index is 0.404. The molecule has 18 heavy (non-hydrogen) atoms. The number of benzene rings is 1. The van der Waals surface area contributed by atoms with E-state index in [4.69, 9.17) is 15.3 Å². The third-order valence-corrected chi connectivity index (χ3v) is 2.67. The van der Waals surface area contributed by atoms with Crippen LogP contribution in [0.2, 0.25) is 0 Å². The van der Waals surface area contributed by atoms with Gasteiger partial charge in [0.2, 0.25) is 0 Å². The number of nitrogens with one attached hydrogen (secondary N) is 2. The van der Waals surface area contributed by atoms with Crippen LogP contribution in [0.4, 0.5) is 4.79 Å². The van der Waals surface area contributed by atoms with Crippen LogP contribution >= 0.6 is 0 Å². The Morgan fingerprint density at radius 1 is 1.33 bits per heavy atom. The summed E-state index contributed by atoms with van der Waals surface area (Å²) in [6, 6.07) is 3.40. The Balaban J connectivity index is 2.77. The zero-order chi connectivity index (χ0) is 13.5. The van der Waals surface area contributed by atoms with Crippen LogP contribution in [0.5, 0.6) is 11.5 Å². The lowest BCUT2D eigenvalue weighted by molar-refractivity contribution is 0.241. The van der Waals surface area contributed by atoms with Crippen LogP contribution in [-0.2, 0) is 6.42 Å². The van der Waals surface area contributed by atoms with Crippen LogP contribution in [0.25, 0.3) is 0 Å². The van der Waals surface area contributed by atoms with Crippen molar-refractivity contribution in [2.45, 2.75) is 13.3 Å². The lowest BCUT2D eigenvalue weighted by Gasteiger charge is -2.14. The summed E-state index contributed by atoms with van der Waals surface area (Å²) in [5, 5.41) is 2.62. The number of carbonyl (C=O) groups is 1. The van der Waals surface area contributed by atoms with Crippen LogP contribution < -0.4 is 26.1 Å². The summed E-state index contributed by atoms with van der Waals surface area (Å²) in [6.07, 6.45) is 0.654. The van der Waals surface area contributed by atoms with Crippen LogP contribution in [0.3, 0.4) is 0 Å². The summed E-state index contributed by atoms with van der Waals surface area (Å²) in [5.74, 6) is 6.53. The van der Waals surface area contributed by atoms with Crippen molar-refractivity contribution in [1.82, 2.24) is 10.7 Å². The molecule has 2 amide bonds. The van der Waals surface area contributed by atoms with Gasteiger partial charge >= 0.3 is 6.03 Å². The number of urea groups is 1. The van der Waals surface area contributed by atoms with E-state index in [0.717, 1.165) is 22.6 Å². The molecule has 0 radical (unpaired) electrons. The first-order valence-electron chi connectivity index (χ1n) is 5.59. The monoisotopic (exact) mass is 253 g/mol. The van der Waals surface area contributed by atoms with E-state index in [2.05, 4.69) is 5.32 Å². The summed E-state index contributed by atoms with van der Waals surface area (Å²) in [4.78, 5) is 10.9. The number of amides is 2. The van der Waals surface area contributed by atoms with Gasteiger partial charge < -0.3 is 14.8 Å². The molecule has 1 rings (SSSR count). The van der Waals surface area contributed by atoms with Crippen molar-refractivity contribution in [3.05, 3.63) is 23.3 Å². The van der Waals surface area contributed by atoms with Crippen LogP contribution in [-0.4, -0.2) is 26.8 Å². The molecule has 0 heterocycles. The van der Waals surface area contributed by atoms with Crippen molar-refractivity contribution in [2.24, 2.45) is 5.84 Å². The third kappa shape index (κ3) is 3.27. The van der Waals surface area contributed by atoms with Gasteiger partial charge in [0, 0.05) is 12.1 Å². The van der Waals surface area contributed by atoms with Crippen LogP contribution in [0.1, 0.15) is 11.1 Å². The number of carbonyl (C=O) groups excluding carboxylic acids is 1. The average Bonchev–Trinajstić information content (AvgIpc) is 2.39. The van der Waals surface area contributed by atoms with Gasteiger partial charge in [-0.05, 0) is 25.0 Å². The fourth-order valence-corrected chi connectivity index (χ4v) is 1.79. The molecule has 0 saturated carbocycles. The summed E-state index contributed by atoms with van der Waals surface area (Å²) in [7, 11) is 3.24. The fraction of sp³-hybridized carbons (Fsp3) is 0.417. The van der Waals surface area contributed by atoms with Gasteiger partial charge in [0.15, 0.2) is 0 Å². The first-order chi connectivity index (χ1) is 8.63. The van der Waals surface area contributed by atoms with E-state index in [1.54, 1.807) is 14.2 Å². The van der Waals surface area contributed by atoms with E-state index in [1.165, 1.54) is 0 Å². The molecule has 0 spiro atoms. The Hall–Kier alpha value is -1.95. The number of hydrazine groups is 1. The highest BCUT2D eigenvalue weighted by Crippen LogP contribution is 2.31. The minimum Gasteiger partial charge on any atom is -0.496 e. The van der Waals surface area contributed by atoms with Crippen LogP contribution in [0, 0.1) is 6.92 Å². The molecule has 0 unspecified atom stereocenters. The van der Waals surface area contributed by atoms with Gasteiger partial charge in [-0.3, -0.25) is 5.43 Å². The largest absolute Gasteiger partial charge is 0.496 e. The van der Waals surface area contributed by atoms with Gasteiger partial charge in [-0.25, -0.2) is 10.6 Å². The van der Waals surface area contributed by atoms with E-state index < -0.39 is 6.03 Å². The average molecular weight is 253 g/mol. The SMILES string of the molecule is COc1ccc(CCNC(=O)NN)c(OC)c1C. The van der Waals surface area contributed by atoms with Gasteiger partial charge in [-0.2, -0.15) is 0 Å². The van der Waals surface area contributed by atoms with E-state index in [9.17, 15) is 4.79 Å². The topological polar surface area (TPSA) is 85.6 Å². The number of hydrogen-bond donors (Lipinski definition) is 3. The zero-order valence-electron chi connectivity index (χ0n) is 10.9. The molecule has 6 heteroatoms. The summed E-state index contributed by atoms with van der Waals surface area (Å²) in [6.45, 7) is 2.41. The second-order valence-electron chi connectivity index (χ2n) is 3.74. The Labute approximate surface area is 106 Å². The molecule has 0 aromatic heterocycles. The molecule has 6 nitrogen and oxygen atoms in total. The molecule has 0 atom stereocenters. The van der Waals surface area contributed by atoms with Gasteiger partial charge in [-0.1, -0.05) is 6.07 Å². The third-order valence-electron chi connectivity index (χ3n) is 2.67. The van der Waals surface area contributed by atoms with Crippen molar-refractivity contribution in [3.8, 4) is 11.5 Å². The first kappa shape index (κ1) is 14.1. The molecule has 0 saturated heterocycles. The van der Waals surface area contributed by atoms with Crippen molar-refractivity contribution in [1.29, 1.82) is 0 Å². The van der Waals surface area contributed by atoms with E-state index in [1.807, 2.05) is 24.5 Å². The predicted octanol–water partition coefficient (Wildman–Crippen LogP) is 0.728. The van der Waals surface area contributed by atoms with Crippen LogP contribution in [0.15, 0.2) is 12.1 Å². The number of nitrogens with two attached hydrogens (primary N) is 1. The van der Waals surface area contributed by atoms with Gasteiger partial charge in [0.05, 0.1) is 14.2 Å². The maximum absolute atomic E-state index is 10.9. The summed E-state index contributed by atoms with van der Waals surface area (Å²) < 4.78 is 10.6. The molecule has 100 valence electrons. The highest BCUT2D eigenvalue weighted by atomic mass is 16.5. The Bertz CT molecular complexity index is 421. The zero-order valence-corrected chi connectivity index (χ0v) is 10.9. The molecule has 1 aromatic rings. The maximum atomic E-state index is 10.9. The predicted molar refractivity (Wildman–Crippen MR) is 68.7 cm³/mol. The van der Waals surface area contributed by atoms with Gasteiger partial charge in [0.1, 0.15) is 11.5 Å². The second-order valence-corrected chi connectivity index (χ2v) is 3.74. The van der Waals surface area contributed by atoms with Crippen molar-refractivity contribution in [3.63, 3.8) is 0 Å². The number of ether oxygens (including phenoxy) is 2. The Morgan fingerprint density at radius 2 is 2.06 bits per heavy atom. The van der Waals surface area contributed by atoms with Crippen molar-refractivity contribution in [2.75, 3.05) is 20.8 Å². The standard InChI is InChI=1S/C12H19N3O3/c1-8-10(17-2)5-4-9(11(8)18-3)6-7-14-12(16)15-13/h4-5H,6-7,13H2,1-3H3,(H2,14,15,16). The molecular weight excluding hydrogens is 234 g/mol. The van der Waals surface area contributed by atoms with E-state index >= 15 is 0 Å². The van der Waals surface area contributed by atoms with Gasteiger partial charge in [-0.15, -0.1) is 0 Å². The Kier molecular flexibility index (Phi) is 5.26. The molecule has 0 aliphatic rings. The fourth-order valence-electron chi connectivity index (χ4n) is 1.79. The lowest BCUT2D eigenvalue weighted by Crippen LogP contribution is -2.40. The lowest BCUT2D eigenvalue weighted by atomic mass is 10.1. The van der Waals surface area contributed by atoms with E-state index in [-0.39, 0.29) is 0 Å². The molecule has 1 aromatic carbocycles.